The molecule has 1 saturated heterocycles. The van der Waals surface area contributed by atoms with Crippen LogP contribution in [0.5, 0.6) is 17.2 Å². The number of carboxylic acids is 1. The second-order valence-electron chi connectivity index (χ2n) is 12.9. The molecule has 1 saturated carbocycles. The maximum Gasteiger partial charge on any atom is 0.307 e. The van der Waals surface area contributed by atoms with E-state index < -0.39 is 5.97 Å². The molecule has 2 bridgehead atoms. The fourth-order valence-corrected chi connectivity index (χ4v) is 8.74. The van der Waals surface area contributed by atoms with E-state index in [2.05, 4.69) is 18.0 Å². The number of likely N-dealkylation sites (N-methyl/N-ethyl adjacent to an activating group) is 1. The van der Waals surface area contributed by atoms with Gasteiger partial charge in [0.2, 0.25) is 0 Å². The number of piperidine rings is 1. The van der Waals surface area contributed by atoms with E-state index in [9.17, 15) is 19.5 Å². The summed E-state index contributed by atoms with van der Waals surface area (Å²) in [5.74, 6) is 1.88. The lowest BCUT2D eigenvalue weighted by molar-refractivity contribution is -0.138. The van der Waals surface area contributed by atoms with Crippen LogP contribution >= 0.6 is 11.6 Å². The van der Waals surface area contributed by atoms with Gasteiger partial charge in [0.1, 0.15) is 5.75 Å². The molecule has 4 aromatic rings. The highest BCUT2D eigenvalue weighted by Gasteiger charge is 2.65. The molecule has 47 heavy (non-hydrogen) atoms. The Labute approximate surface area is 278 Å². The van der Waals surface area contributed by atoms with Crippen molar-refractivity contribution in [3.8, 4) is 17.2 Å². The summed E-state index contributed by atoms with van der Waals surface area (Å²) in [6, 6.07) is 16.6. The van der Waals surface area contributed by atoms with Crippen molar-refractivity contribution in [2.75, 3.05) is 27.8 Å². The minimum absolute atomic E-state index is 0.0933. The molecule has 2 aliphatic carbocycles. The van der Waals surface area contributed by atoms with Crippen LogP contribution in [0.15, 0.2) is 54.6 Å². The monoisotopic (exact) mass is 656 g/mol. The van der Waals surface area contributed by atoms with Gasteiger partial charge in [-0.15, -0.1) is 0 Å². The highest BCUT2D eigenvalue weighted by molar-refractivity contribution is 6.30. The third-order valence-electron chi connectivity index (χ3n) is 10.8. The molecule has 2 fully saturated rings. The van der Waals surface area contributed by atoms with E-state index in [0.29, 0.717) is 56.9 Å². The number of likely N-dealkylation sites (tertiary alicyclic amines) is 1. The summed E-state index contributed by atoms with van der Waals surface area (Å²) in [6.07, 6.45) is 3.30. The van der Waals surface area contributed by atoms with Crippen molar-refractivity contribution in [2.24, 2.45) is 5.92 Å². The first-order valence-corrected chi connectivity index (χ1v) is 16.3. The summed E-state index contributed by atoms with van der Waals surface area (Å²) >= 11 is 5.89. The van der Waals surface area contributed by atoms with Crippen LogP contribution in [0.25, 0.3) is 10.9 Å². The molecule has 0 amide bonds. The lowest BCUT2D eigenvalue weighted by Crippen LogP contribution is -2.65. The number of hydrogen-bond acceptors (Lipinski definition) is 7. The maximum absolute atomic E-state index is 13.0. The van der Waals surface area contributed by atoms with Gasteiger partial charge in [-0.3, -0.25) is 19.0 Å². The quantitative estimate of drug-likeness (QED) is 0.285. The summed E-state index contributed by atoms with van der Waals surface area (Å²) in [5.41, 5.74) is 4.90. The summed E-state index contributed by atoms with van der Waals surface area (Å²) in [6.45, 7) is 2.79. The van der Waals surface area contributed by atoms with Gasteiger partial charge in [-0.05, 0) is 105 Å². The molecule has 3 aromatic carbocycles. The molecule has 9 nitrogen and oxygen atoms in total. The molecule has 2 aliphatic heterocycles. The van der Waals surface area contributed by atoms with Crippen LogP contribution in [0.2, 0.25) is 5.02 Å². The molecule has 244 valence electrons. The fourth-order valence-electron chi connectivity index (χ4n) is 8.62. The highest BCUT2D eigenvalue weighted by atomic mass is 35.5. The van der Waals surface area contributed by atoms with Crippen molar-refractivity contribution < 1.29 is 33.7 Å². The van der Waals surface area contributed by atoms with Crippen molar-refractivity contribution in [3.63, 3.8) is 0 Å². The van der Waals surface area contributed by atoms with Crippen molar-refractivity contribution in [2.45, 2.75) is 56.6 Å². The number of methoxy groups -OCH3 is 2. The number of fused-ring (bicyclic) bond motifs is 1. The van der Waals surface area contributed by atoms with Crippen LogP contribution in [0.3, 0.4) is 0 Å². The van der Waals surface area contributed by atoms with Crippen molar-refractivity contribution in [3.05, 3.63) is 87.6 Å². The molecule has 0 unspecified atom stereocenters. The normalized spacial score (nSPS) is 23.8. The Morgan fingerprint density at radius 2 is 1.85 bits per heavy atom. The topological polar surface area (TPSA) is 107 Å². The number of carbonyl (C=O) groups excluding carboxylic acids is 2. The molecule has 10 heteroatoms. The van der Waals surface area contributed by atoms with Crippen molar-refractivity contribution in [1.29, 1.82) is 0 Å². The van der Waals surface area contributed by atoms with Gasteiger partial charge in [-0.2, -0.15) is 0 Å². The van der Waals surface area contributed by atoms with Crippen LogP contribution < -0.4 is 14.2 Å². The Morgan fingerprint density at radius 3 is 2.55 bits per heavy atom. The standard InChI is InChI=1S/C19H16ClNO4.C18H21NO3/c1-11-15(10-18(22)23)16-9-14(25-2)7-8-17(16)21(11)19(24)12-3-5-13(20)6-4-12;1-19-8-7-18-11-4-5-13(20)17(18)22-16-14(21-2)6-3-10(15(16)18)9-12(11)19/h3-9H,10H2,1-2H3,(H,22,23);3,6,11-12,17H,4-5,7-9H2,1-2H3/t;11-,12+,17-,18-/m.0/s1. The average molecular weight is 657 g/mol. The number of rotatable bonds is 5. The number of carbonyl (C=O) groups is 3. The number of carboxylic acid groups (broad SMARTS) is 1. The lowest BCUT2D eigenvalue weighted by Gasteiger charge is -2.57. The molecular formula is C37H37ClN2O7. The zero-order chi connectivity index (χ0) is 33.2. The van der Waals surface area contributed by atoms with Gasteiger partial charge >= 0.3 is 5.97 Å². The van der Waals surface area contributed by atoms with Crippen LogP contribution in [0.4, 0.5) is 0 Å². The van der Waals surface area contributed by atoms with Gasteiger partial charge in [-0.1, -0.05) is 17.7 Å². The van der Waals surface area contributed by atoms with E-state index >= 15 is 0 Å². The Hall–Kier alpha value is -4.34. The second-order valence-corrected chi connectivity index (χ2v) is 13.4. The second kappa shape index (κ2) is 11.7. The first-order valence-electron chi connectivity index (χ1n) is 15.9. The number of ketones is 1. The smallest absolute Gasteiger partial charge is 0.307 e. The molecule has 1 N–H and O–H groups in total. The van der Waals surface area contributed by atoms with E-state index in [1.807, 2.05) is 6.07 Å². The van der Waals surface area contributed by atoms with Gasteiger partial charge < -0.3 is 24.2 Å². The van der Waals surface area contributed by atoms with Crippen molar-refractivity contribution in [1.82, 2.24) is 9.47 Å². The summed E-state index contributed by atoms with van der Waals surface area (Å²) in [4.78, 5) is 39.4. The van der Waals surface area contributed by atoms with E-state index in [4.69, 9.17) is 25.8 Å². The third kappa shape index (κ3) is 4.81. The first kappa shape index (κ1) is 31.3. The molecule has 4 atom stereocenters. The highest BCUT2D eigenvalue weighted by Crippen LogP contribution is 2.63. The molecule has 8 rings (SSSR count). The van der Waals surface area contributed by atoms with Gasteiger partial charge in [0.05, 0.1) is 26.2 Å². The first-order chi connectivity index (χ1) is 22.6. The molecule has 1 spiro atoms. The van der Waals surface area contributed by atoms with Crippen LogP contribution in [-0.4, -0.2) is 72.2 Å². The fraction of sp³-hybridized carbons (Fsp3) is 0.378. The average Bonchev–Trinajstić information content (AvgIpc) is 3.55. The third-order valence-corrected chi connectivity index (χ3v) is 11.0. The largest absolute Gasteiger partial charge is 0.497 e. The maximum atomic E-state index is 13.0. The lowest BCUT2D eigenvalue weighted by atomic mass is 9.52. The van der Waals surface area contributed by atoms with E-state index in [-0.39, 0.29) is 29.6 Å². The summed E-state index contributed by atoms with van der Waals surface area (Å²) < 4.78 is 18.5. The van der Waals surface area contributed by atoms with Crippen LogP contribution in [0, 0.1) is 12.8 Å². The number of Topliss-reactive ketones (excluding diaryl/α,β-unsaturated/α-hetero) is 1. The van der Waals surface area contributed by atoms with E-state index in [1.165, 1.54) is 15.7 Å². The Bertz CT molecular complexity index is 1930. The predicted octanol–water partition coefficient (Wildman–Crippen LogP) is 5.86. The molecule has 1 aromatic heterocycles. The zero-order valence-corrected chi connectivity index (χ0v) is 27.6. The zero-order valence-electron chi connectivity index (χ0n) is 26.8. The van der Waals surface area contributed by atoms with Gasteiger partial charge in [0.15, 0.2) is 23.4 Å². The SMILES string of the molecule is COc1ccc2c(c1)c(CC(=O)O)c(C)n2C(=O)c1ccc(Cl)cc1.COc1ccc2c3c1O[C@H]1C(=O)CC[C@H]4[C@@H](C2)N(C)CC[C@]314. The van der Waals surface area contributed by atoms with Crippen molar-refractivity contribution >= 4 is 40.2 Å². The molecular weight excluding hydrogens is 620 g/mol. The van der Waals surface area contributed by atoms with Crippen LogP contribution in [0.1, 0.15) is 52.0 Å². The predicted molar refractivity (Wildman–Crippen MR) is 177 cm³/mol. The molecule has 4 aliphatic rings. The van der Waals surface area contributed by atoms with Gasteiger partial charge in [-0.25, -0.2) is 0 Å². The number of aliphatic carboxylic acids is 1. The molecule has 3 heterocycles. The Balaban J connectivity index is 0.000000150. The number of benzene rings is 3. The van der Waals surface area contributed by atoms with E-state index in [0.717, 1.165) is 37.3 Å². The minimum atomic E-state index is -0.955. The summed E-state index contributed by atoms with van der Waals surface area (Å²) in [5, 5.41) is 10.5. The van der Waals surface area contributed by atoms with E-state index in [1.54, 1.807) is 63.6 Å². The number of halogens is 1. The Morgan fingerprint density at radius 1 is 1.09 bits per heavy atom. The number of hydrogen-bond donors (Lipinski definition) is 1. The minimum Gasteiger partial charge on any atom is -0.497 e. The number of aromatic nitrogens is 1. The number of nitrogens with zero attached hydrogens (tertiary/aromatic N) is 2. The summed E-state index contributed by atoms with van der Waals surface area (Å²) in [7, 11) is 5.45. The van der Waals surface area contributed by atoms with Crippen LogP contribution in [-0.2, 0) is 27.8 Å². The molecule has 0 radical (unpaired) electrons. The number of ether oxygens (including phenoxy) is 3. The van der Waals surface area contributed by atoms with Gasteiger partial charge in [0.25, 0.3) is 5.91 Å². The van der Waals surface area contributed by atoms with Gasteiger partial charge in [0, 0.05) is 45.1 Å². The Kier molecular flexibility index (Phi) is 7.80.